The van der Waals surface area contributed by atoms with Crippen LogP contribution in [-0.4, -0.2) is 23.0 Å². The third-order valence-corrected chi connectivity index (χ3v) is 5.76. The number of hydrogen-bond donors (Lipinski definition) is 2. The van der Waals surface area contributed by atoms with Gasteiger partial charge in [-0.05, 0) is 43.4 Å². The topological polar surface area (TPSA) is 67.0 Å². The maximum absolute atomic E-state index is 12.7. The molecule has 0 saturated heterocycles. The molecule has 0 aliphatic heterocycles. The fourth-order valence-electron chi connectivity index (χ4n) is 3.24. The number of imidazole rings is 1. The third-order valence-electron chi connectivity index (χ3n) is 4.49. The van der Waals surface area contributed by atoms with Gasteiger partial charge in [0.1, 0.15) is 10.6 Å². The number of aromatic amines is 1. The number of nitrogens with one attached hydrogen (secondary N) is 2. The van der Waals surface area contributed by atoms with Gasteiger partial charge >= 0.3 is 0 Å². The first-order valence-corrected chi connectivity index (χ1v) is 9.16. The summed E-state index contributed by atoms with van der Waals surface area (Å²) in [6.45, 7) is 0. The lowest BCUT2D eigenvalue weighted by Crippen LogP contribution is -2.11. The van der Waals surface area contributed by atoms with Crippen LogP contribution in [0.4, 0.5) is 5.69 Å². The Labute approximate surface area is 150 Å². The van der Waals surface area contributed by atoms with Crippen LogP contribution in [0.3, 0.4) is 0 Å². The summed E-state index contributed by atoms with van der Waals surface area (Å²) in [6, 6.07) is 7.71. The number of amides is 1. The molecule has 0 bridgehead atoms. The molecule has 3 aromatic rings. The summed E-state index contributed by atoms with van der Waals surface area (Å²) in [5.74, 6) is 0.650. The molecule has 0 spiro atoms. The van der Waals surface area contributed by atoms with Gasteiger partial charge < -0.3 is 15.0 Å². The van der Waals surface area contributed by atoms with Crippen molar-refractivity contribution < 1.29 is 9.53 Å². The van der Waals surface area contributed by atoms with Crippen molar-refractivity contribution in [3.8, 4) is 17.0 Å². The van der Waals surface area contributed by atoms with E-state index in [-0.39, 0.29) is 5.91 Å². The third kappa shape index (κ3) is 3.05. The van der Waals surface area contributed by atoms with E-state index in [1.165, 1.54) is 16.9 Å². The molecule has 6 heteroatoms. The molecule has 4 rings (SSSR count). The fraction of sp³-hybridized carbons (Fsp3) is 0.263. The van der Waals surface area contributed by atoms with Gasteiger partial charge in [-0.15, -0.1) is 11.3 Å². The Kier molecular flexibility index (Phi) is 4.28. The second-order valence-corrected chi connectivity index (χ2v) is 7.18. The van der Waals surface area contributed by atoms with E-state index in [0.717, 1.165) is 42.0 Å². The van der Waals surface area contributed by atoms with Crippen LogP contribution in [-0.2, 0) is 12.8 Å². The minimum atomic E-state index is -0.106. The van der Waals surface area contributed by atoms with Crippen molar-refractivity contribution in [2.75, 3.05) is 12.4 Å². The average Bonchev–Trinajstić information content (AvgIpc) is 3.30. The molecule has 0 fully saturated rings. The van der Waals surface area contributed by atoms with E-state index in [0.29, 0.717) is 4.88 Å². The van der Waals surface area contributed by atoms with Gasteiger partial charge in [0.05, 0.1) is 25.3 Å². The molecule has 1 aliphatic rings. The number of anilines is 1. The summed E-state index contributed by atoms with van der Waals surface area (Å²) in [5.41, 5.74) is 3.96. The van der Waals surface area contributed by atoms with Gasteiger partial charge in [-0.3, -0.25) is 4.79 Å². The molecule has 128 valence electrons. The monoisotopic (exact) mass is 353 g/mol. The predicted octanol–water partition coefficient (Wildman–Crippen LogP) is 4.28. The molecule has 1 amide bonds. The van der Waals surface area contributed by atoms with Gasteiger partial charge in [-0.1, -0.05) is 12.1 Å². The summed E-state index contributed by atoms with van der Waals surface area (Å²) in [4.78, 5) is 21.8. The Morgan fingerprint density at radius 2 is 2.04 bits per heavy atom. The largest absolute Gasteiger partial charge is 0.495 e. The van der Waals surface area contributed by atoms with Crippen LogP contribution in [0, 0.1) is 0 Å². The number of carbonyl (C=O) groups is 1. The van der Waals surface area contributed by atoms with Crippen molar-refractivity contribution in [2.24, 2.45) is 0 Å². The number of aryl methyl sites for hydroxylation is 1. The summed E-state index contributed by atoms with van der Waals surface area (Å²) in [5, 5.41) is 2.98. The first-order valence-electron chi connectivity index (χ1n) is 8.35. The van der Waals surface area contributed by atoms with Crippen LogP contribution in [0.5, 0.6) is 5.75 Å². The molecule has 25 heavy (non-hydrogen) atoms. The smallest absolute Gasteiger partial charge is 0.269 e. The number of thiophene rings is 1. The minimum absolute atomic E-state index is 0.106. The van der Waals surface area contributed by atoms with Gasteiger partial charge in [0.25, 0.3) is 5.91 Å². The van der Waals surface area contributed by atoms with Crippen molar-refractivity contribution in [1.82, 2.24) is 9.97 Å². The van der Waals surface area contributed by atoms with Crippen molar-refractivity contribution in [3.63, 3.8) is 0 Å². The molecule has 0 radical (unpaired) electrons. The average molecular weight is 353 g/mol. The number of methoxy groups -OCH3 is 1. The molecule has 5 nitrogen and oxygen atoms in total. The van der Waals surface area contributed by atoms with Crippen LogP contribution < -0.4 is 10.1 Å². The van der Waals surface area contributed by atoms with Gasteiger partial charge in [0.2, 0.25) is 0 Å². The molecular formula is C19H19N3O2S. The maximum Gasteiger partial charge on any atom is 0.269 e. The molecule has 1 aliphatic carbocycles. The molecule has 2 N–H and O–H groups in total. The van der Waals surface area contributed by atoms with E-state index < -0.39 is 0 Å². The highest BCUT2D eigenvalue weighted by Gasteiger charge is 2.25. The van der Waals surface area contributed by atoms with Crippen LogP contribution in [0.15, 0.2) is 36.8 Å². The van der Waals surface area contributed by atoms with E-state index in [1.54, 1.807) is 31.0 Å². The number of H-pyrrole nitrogens is 1. The van der Waals surface area contributed by atoms with Crippen molar-refractivity contribution in [3.05, 3.63) is 52.1 Å². The van der Waals surface area contributed by atoms with Gasteiger partial charge in [-0.25, -0.2) is 4.98 Å². The summed E-state index contributed by atoms with van der Waals surface area (Å²) < 4.78 is 5.55. The lowest BCUT2D eigenvalue weighted by atomic mass is 9.98. The number of ether oxygens (including phenoxy) is 1. The number of aromatic nitrogens is 2. The van der Waals surface area contributed by atoms with Crippen molar-refractivity contribution >= 4 is 22.9 Å². The zero-order chi connectivity index (χ0) is 17.2. The Morgan fingerprint density at radius 1 is 1.24 bits per heavy atom. The van der Waals surface area contributed by atoms with Crippen molar-refractivity contribution in [1.29, 1.82) is 0 Å². The van der Waals surface area contributed by atoms with E-state index in [1.807, 2.05) is 24.3 Å². The van der Waals surface area contributed by atoms with E-state index in [2.05, 4.69) is 15.3 Å². The zero-order valence-electron chi connectivity index (χ0n) is 14.0. The van der Waals surface area contributed by atoms with Gasteiger partial charge in [0.15, 0.2) is 0 Å². The molecule has 0 atom stereocenters. The molecule has 1 aromatic carbocycles. The number of hydrogen-bond acceptors (Lipinski definition) is 4. The van der Waals surface area contributed by atoms with Crippen LogP contribution in [0.2, 0.25) is 0 Å². The number of nitrogens with zero attached hydrogens (tertiary/aromatic N) is 1. The number of fused-ring (bicyclic) bond motifs is 1. The molecule has 2 aromatic heterocycles. The van der Waals surface area contributed by atoms with Crippen molar-refractivity contribution in [2.45, 2.75) is 25.7 Å². The van der Waals surface area contributed by atoms with E-state index >= 15 is 0 Å². The fourth-order valence-corrected chi connectivity index (χ4v) is 4.49. The normalized spacial score (nSPS) is 13.3. The first-order chi connectivity index (χ1) is 12.3. The Bertz CT molecular complexity index is 882. The lowest BCUT2D eigenvalue weighted by Gasteiger charge is -2.11. The predicted molar refractivity (Wildman–Crippen MR) is 99.5 cm³/mol. The van der Waals surface area contributed by atoms with E-state index in [4.69, 9.17) is 4.74 Å². The molecule has 2 heterocycles. The highest BCUT2D eigenvalue weighted by atomic mass is 32.1. The Hall–Kier alpha value is -2.60. The molecule has 0 unspecified atom stereocenters. The minimum Gasteiger partial charge on any atom is -0.495 e. The van der Waals surface area contributed by atoms with Crippen LogP contribution in [0.1, 0.15) is 33.0 Å². The highest BCUT2D eigenvalue weighted by Crippen LogP contribution is 2.40. The van der Waals surface area contributed by atoms with E-state index in [9.17, 15) is 4.79 Å². The SMILES string of the molecule is COc1c(C(=O)Nc2ccc(-c3cnc[nH]3)cc2)sc2c1CCCC2. The number of rotatable bonds is 4. The maximum atomic E-state index is 12.7. The lowest BCUT2D eigenvalue weighted by molar-refractivity contribution is 0.102. The second-order valence-electron chi connectivity index (χ2n) is 6.07. The van der Waals surface area contributed by atoms with Crippen LogP contribution >= 0.6 is 11.3 Å². The zero-order valence-corrected chi connectivity index (χ0v) is 14.8. The van der Waals surface area contributed by atoms with Gasteiger partial charge in [-0.2, -0.15) is 0 Å². The molecular weight excluding hydrogens is 334 g/mol. The second kappa shape index (κ2) is 6.72. The summed E-state index contributed by atoms with van der Waals surface area (Å²) in [6.07, 6.45) is 7.82. The highest BCUT2D eigenvalue weighted by molar-refractivity contribution is 7.14. The Morgan fingerprint density at radius 3 is 2.76 bits per heavy atom. The number of benzene rings is 1. The summed E-state index contributed by atoms with van der Waals surface area (Å²) in [7, 11) is 1.65. The number of carbonyl (C=O) groups excluding carboxylic acids is 1. The quantitative estimate of drug-likeness (QED) is 0.736. The van der Waals surface area contributed by atoms with Gasteiger partial charge in [0, 0.05) is 16.1 Å². The Balaban J connectivity index is 1.55. The summed E-state index contributed by atoms with van der Waals surface area (Å²) >= 11 is 1.56. The first kappa shape index (κ1) is 15.9. The standard InChI is InChI=1S/C19H19N3O2S/c1-24-17-14-4-2-3-5-16(14)25-18(17)19(23)22-13-8-6-12(7-9-13)15-10-20-11-21-15/h6-11H,2-5H2,1H3,(H,20,21)(H,22,23). The van der Waals surface area contributed by atoms with Crippen LogP contribution in [0.25, 0.3) is 11.3 Å². The molecule has 0 saturated carbocycles.